The monoisotopic (exact) mass is 220 g/mol. The van der Waals surface area contributed by atoms with Crippen LogP contribution in [0.5, 0.6) is 6.01 Å². The van der Waals surface area contributed by atoms with E-state index in [9.17, 15) is 18.0 Å². The summed E-state index contributed by atoms with van der Waals surface area (Å²) in [5.41, 5.74) is 0. The third-order valence-corrected chi connectivity index (χ3v) is 1.18. The Balaban J connectivity index is 3.29. The Kier molecular flexibility index (Phi) is 2.96. The highest BCUT2D eigenvalue weighted by Crippen LogP contribution is 2.27. The summed E-state index contributed by atoms with van der Waals surface area (Å²) in [6, 6.07) is -0.577. The number of alkyl halides is 3. The van der Waals surface area contributed by atoms with Gasteiger partial charge in [0.2, 0.25) is 11.9 Å². The molecule has 6 nitrogen and oxygen atoms in total. The Morgan fingerprint density at radius 3 is 2.47 bits per heavy atom. The van der Waals surface area contributed by atoms with E-state index in [1.807, 2.05) is 0 Å². The highest BCUT2D eigenvalue weighted by atomic mass is 19.4. The summed E-state index contributed by atoms with van der Waals surface area (Å²) in [5.74, 6) is -2.19. The van der Waals surface area contributed by atoms with Gasteiger partial charge in [-0.15, -0.1) is 4.99 Å². The fourth-order valence-corrected chi connectivity index (χ4v) is 0.655. The van der Waals surface area contributed by atoms with Gasteiger partial charge in [0.05, 0.1) is 7.11 Å². The van der Waals surface area contributed by atoms with Gasteiger partial charge in [-0.25, -0.2) is 4.79 Å². The van der Waals surface area contributed by atoms with Crippen molar-refractivity contribution in [3.63, 3.8) is 0 Å². The molecule has 0 aliphatic carbocycles. The van der Waals surface area contributed by atoms with Gasteiger partial charge in [0.15, 0.2) is 0 Å². The molecule has 0 fully saturated rings. The summed E-state index contributed by atoms with van der Waals surface area (Å²) in [4.78, 5) is 21.8. The first-order chi connectivity index (χ1) is 6.97. The highest BCUT2D eigenvalue weighted by molar-refractivity contribution is 5.41. The van der Waals surface area contributed by atoms with Crippen molar-refractivity contribution in [1.82, 2.24) is 15.0 Å². The quantitative estimate of drug-likeness (QED) is 0.545. The molecule has 0 spiro atoms. The summed E-state index contributed by atoms with van der Waals surface area (Å²) < 4.78 is 40.9. The summed E-state index contributed by atoms with van der Waals surface area (Å²) in [6.07, 6.45) is -3.75. The second-order valence-corrected chi connectivity index (χ2v) is 2.15. The first-order valence-corrected chi connectivity index (χ1v) is 3.42. The lowest BCUT2D eigenvalue weighted by Crippen LogP contribution is -2.12. The summed E-state index contributed by atoms with van der Waals surface area (Å²) >= 11 is 0. The number of ether oxygens (including phenoxy) is 1. The maximum absolute atomic E-state index is 12.2. The van der Waals surface area contributed by atoms with Crippen molar-refractivity contribution in [1.29, 1.82) is 0 Å². The van der Waals surface area contributed by atoms with Crippen LogP contribution in [-0.2, 0) is 11.0 Å². The van der Waals surface area contributed by atoms with Crippen molar-refractivity contribution in [3.05, 3.63) is 5.82 Å². The molecule has 0 aliphatic heterocycles. The zero-order chi connectivity index (χ0) is 11.5. The van der Waals surface area contributed by atoms with Crippen LogP contribution < -0.4 is 4.74 Å². The number of aromatic nitrogens is 3. The van der Waals surface area contributed by atoms with Crippen molar-refractivity contribution in [2.75, 3.05) is 7.11 Å². The zero-order valence-electron chi connectivity index (χ0n) is 7.24. The lowest BCUT2D eigenvalue weighted by Gasteiger charge is -2.05. The number of rotatable bonds is 2. The molecule has 0 amide bonds. The number of halogens is 3. The van der Waals surface area contributed by atoms with Gasteiger partial charge in [0, 0.05) is 0 Å². The van der Waals surface area contributed by atoms with Gasteiger partial charge < -0.3 is 4.74 Å². The second kappa shape index (κ2) is 4.01. The molecule has 0 saturated carbocycles. The van der Waals surface area contributed by atoms with Crippen molar-refractivity contribution in [2.45, 2.75) is 6.18 Å². The third kappa shape index (κ3) is 2.71. The number of methoxy groups -OCH3 is 1. The molecule has 1 rings (SSSR count). The van der Waals surface area contributed by atoms with Crippen LogP contribution in [0.1, 0.15) is 5.82 Å². The minimum absolute atomic E-state index is 0.577. The van der Waals surface area contributed by atoms with E-state index in [2.05, 4.69) is 24.7 Å². The smallest absolute Gasteiger partial charge is 0.451 e. The van der Waals surface area contributed by atoms with Gasteiger partial charge in [-0.2, -0.15) is 28.1 Å². The van der Waals surface area contributed by atoms with E-state index >= 15 is 0 Å². The fraction of sp³-hybridized carbons (Fsp3) is 0.333. The van der Waals surface area contributed by atoms with Crippen molar-refractivity contribution in [3.8, 4) is 6.01 Å². The molecule has 0 aliphatic rings. The molecule has 0 unspecified atom stereocenters. The lowest BCUT2D eigenvalue weighted by atomic mass is 10.6. The van der Waals surface area contributed by atoms with E-state index in [0.717, 1.165) is 13.2 Å². The first kappa shape index (κ1) is 11.1. The van der Waals surface area contributed by atoms with Crippen LogP contribution in [0.25, 0.3) is 0 Å². The minimum atomic E-state index is -4.76. The van der Waals surface area contributed by atoms with E-state index in [-0.39, 0.29) is 0 Å². The largest absolute Gasteiger partial charge is 0.467 e. The molecule has 0 aromatic carbocycles. The maximum atomic E-state index is 12.2. The van der Waals surface area contributed by atoms with Crippen LogP contribution in [0, 0.1) is 0 Å². The Bertz CT molecular complexity index is 413. The molecule has 0 N–H and O–H groups in total. The number of hydrogen-bond acceptors (Lipinski definition) is 6. The predicted molar refractivity (Wildman–Crippen MR) is 39.2 cm³/mol. The molecule has 0 saturated heterocycles. The Labute approximate surface area is 80.9 Å². The van der Waals surface area contributed by atoms with Crippen LogP contribution in [0.4, 0.5) is 19.1 Å². The average Bonchev–Trinajstić information content (AvgIpc) is 2.16. The third-order valence-electron chi connectivity index (χ3n) is 1.18. The molecular weight excluding hydrogens is 217 g/mol. The normalized spacial score (nSPS) is 10.7. The number of carbonyl (C=O) groups excluding carboxylic acids is 1. The molecule has 0 radical (unpaired) electrons. The molecule has 80 valence electrons. The lowest BCUT2D eigenvalue weighted by molar-refractivity contribution is -0.145. The SMILES string of the molecule is COc1nc(N=C=O)nc(C(F)(F)F)n1. The number of aliphatic imine (C=N–C) groups is 1. The van der Waals surface area contributed by atoms with Crippen LogP contribution >= 0.6 is 0 Å². The molecule has 15 heavy (non-hydrogen) atoms. The van der Waals surface area contributed by atoms with E-state index in [4.69, 9.17) is 0 Å². The van der Waals surface area contributed by atoms with Crippen LogP contribution in [0.2, 0.25) is 0 Å². The molecule has 0 bridgehead atoms. The number of nitrogens with zero attached hydrogens (tertiary/aromatic N) is 4. The predicted octanol–water partition coefficient (Wildman–Crippen LogP) is 0.866. The van der Waals surface area contributed by atoms with Gasteiger partial charge >= 0.3 is 12.2 Å². The number of hydrogen-bond donors (Lipinski definition) is 0. The molecule has 1 aromatic rings. The average molecular weight is 220 g/mol. The minimum Gasteiger partial charge on any atom is -0.467 e. The van der Waals surface area contributed by atoms with E-state index in [1.54, 1.807) is 0 Å². The van der Waals surface area contributed by atoms with Crippen molar-refractivity contribution in [2.24, 2.45) is 4.99 Å². The Morgan fingerprint density at radius 2 is 2.00 bits per heavy atom. The molecule has 1 heterocycles. The van der Waals surface area contributed by atoms with Gasteiger partial charge in [0.1, 0.15) is 0 Å². The van der Waals surface area contributed by atoms with Gasteiger partial charge in [0.25, 0.3) is 5.95 Å². The summed E-state index contributed by atoms with van der Waals surface area (Å²) in [7, 11) is 1.07. The van der Waals surface area contributed by atoms with E-state index in [0.29, 0.717) is 0 Å². The molecule has 1 aromatic heterocycles. The summed E-state index contributed by atoms with van der Waals surface area (Å²) in [6.45, 7) is 0. The van der Waals surface area contributed by atoms with Crippen LogP contribution in [0.3, 0.4) is 0 Å². The number of isocyanates is 1. The second-order valence-electron chi connectivity index (χ2n) is 2.15. The van der Waals surface area contributed by atoms with E-state index < -0.39 is 24.0 Å². The van der Waals surface area contributed by atoms with E-state index in [1.165, 1.54) is 0 Å². The van der Waals surface area contributed by atoms with Crippen molar-refractivity contribution < 1.29 is 22.7 Å². The molecular formula is C6H3F3N4O2. The topological polar surface area (TPSA) is 77.3 Å². The Morgan fingerprint density at radius 1 is 1.33 bits per heavy atom. The Hall–Kier alpha value is -2.02. The standard InChI is InChI=1S/C6H3F3N4O2/c1-15-5-12-3(6(7,8)9)11-4(13-5)10-2-14/h1H3. The first-order valence-electron chi connectivity index (χ1n) is 3.42. The fourth-order valence-electron chi connectivity index (χ4n) is 0.655. The molecule has 0 atom stereocenters. The van der Waals surface area contributed by atoms with Gasteiger partial charge in [-0.05, 0) is 0 Å². The summed E-state index contributed by atoms with van der Waals surface area (Å²) in [5, 5.41) is 0. The van der Waals surface area contributed by atoms with Crippen LogP contribution in [0.15, 0.2) is 4.99 Å². The van der Waals surface area contributed by atoms with Gasteiger partial charge in [-0.1, -0.05) is 0 Å². The molecule has 9 heteroatoms. The zero-order valence-corrected chi connectivity index (χ0v) is 7.24. The highest BCUT2D eigenvalue weighted by Gasteiger charge is 2.36. The maximum Gasteiger partial charge on any atom is 0.451 e. The van der Waals surface area contributed by atoms with Crippen LogP contribution in [-0.4, -0.2) is 28.1 Å². The van der Waals surface area contributed by atoms with Crippen molar-refractivity contribution >= 4 is 12.0 Å². The van der Waals surface area contributed by atoms with Gasteiger partial charge in [-0.3, -0.25) is 0 Å².